The van der Waals surface area contributed by atoms with Gasteiger partial charge in [-0.05, 0) is 12.8 Å². The number of hydrogen-bond donors (Lipinski definition) is 2. The summed E-state index contributed by atoms with van der Waals surface area (Å²) in [6.45, 7) is 0. The molecule has 7 heteroatoms. The van der Waals surface area contributed by atoms with Gasteiger partial charge in [0, 0.05) is 5.92 Å². The second kappa shape index (κ2) is 3.31. The molecule has 17 heavy (non-hydrogen) atoms. The second-order valence-electron chi connectivity index (χ2n) is 4.19. The lowest BCUT2D eigenvalue weighted by atomic mass is 9.83. The maximum atomic E-state index is 12.1. The lowest BCUT2D eigenvalue weighted by Crippen LogP contribution is -2.27. The van der Waals surface area contributed by atoms with Crippen LogP contribution in [0.3, 0.4) is 0 Å². The number of nitrogens with two attached hydrogens (primary N) is 1. The molecule has 2 aromatic rings. The molecule has 1 fully saturated rings. The van der Waals surface area contributed by atoms with Crippen LogP contribution < -0.4 is 11.3 Å². The van der Waals surface area contributed by atoms with Crippen molar-refractivity contribution in [3.8, 4) is 6.07 Å². The minimum absolute atomic E-state index is 0.143. The van der Waals surface area contributed by atoms with E-state index in [1.165, 1.54) is 4.52 Å². The highest BCUT2D eigenvalue weighted by atomic mass is 16.1. The van der Waals surface area contributed by atoms with Gasteiger partial charge in [0.05, 0.1) is 0 Å². The zero-order chi connectivity index (χ0) is 12.0. The van der Waals surface area contributed by atoms with Crippen LogP contribution in [0.2, 0.25) is 0 Å². The fourth-order valence-electron chi connectivity index (χ4n) is 2.01. The predicted octanol–water partition coefficient (Wildman–Crippen LogP) is 0.139. The van der Waals surface area contributed by atoms with E-state index in [1.807, 2.05) is 6.07 Å². The molecule has 0 atom stereocenters. The Bertz CT molecular complexity index is 687. The Labute approximate surface area is 95.9 Å². The molecule has 0 spiro atoms. The highest BCUT2D eigenvalue weighted by molar-refractivity contribution is 5.65. The van der Waals surface area contributed by atoms with Crippen LogP contribution in [0.25, 0.3) is 5.65 Å². The Balaban J connectivity index is 2.29. The summed E-state index contributed by atoms with van der Waals surface area (Å²) in [4.78, 5) is 12.1. The second-order valence-corrected chi connectivity index (χ2v) is 4.19. The number of H-pyrrole nitrogens is 1. The van der Waals surface area contributed by atoms with Crippen molar-refractivity contribution in [3.05, 3.63) is 21.6 Å². The molecule has 0 aromatic carbocycles. The van der Waals surface area contributed by atoms with Crippen LogP contribution in [-0.2, 0) is 0 Å². The average Bonchev–Trinajstić information content (AvgIpc) is 2.56. The number of fused-ring (bicyclic) bond motifs is 1. The smallest absolute Gasteiger partial charge is 0.295 e. The third-order valence-electron chi connectivity index (χ3n) is 3.22. The van der Waals surface area contributed by atoms with E-state index in [9.17, 15) is 4.79 Å². The third kappa shape index (κ3) is 1.24. The van der Waals surface area contributed by atoms with Gasteiger partial charge in [0.15, 0.2) is 5.65 Å². The van der Waals surface area contributed by atoms with E-state index in [0.717, 1.165) is 19.3 Å². The van der Waals surface area contributed by atoms with Crippen molar-refractivity contribution < 1.29 is 0 Å². The van der Waals surface area contributed by atoms with Gasteiger partial charge in [0.1, 0.15) is 23.1 Å². The summed E-state index contributed by atoms with van der Waals surface area (Å²) < 4.78 is 1.20. The maximum Gasteiger partial charge on any atom is 0.295 e. The summed E-state index contributed by atoms with van der Waals surface area (Å²) in [5, 5.41) is 19.4. The van der Waals surface area contributed by atoms with E-state index in [0.29, 0.717) is 5.69 Å². The molecule has 3 N–H and O–H groups in total. The molecule has 2 aromatic heterocycles. The van der Waals surface area contributed by atoms with E-state index in [1.54, 1.807) is 0 Å². The van der Waals surface area contributed by atoms with Crippen LogP contribution in [0.4, 0.5) is 5.82 Å². The minimum Gasteiger partial charge on any atom is -0.383 e. The molecule has 3 rings (SSSR count). The van der Waals surface area contributed by atoms with Gasteiger partial charge < -0.3 is 5.73 Å². The first kappa shape index (κ1) is 9.84. The molecule has 1 aliphatic carbocycles. The van der Waals surface area contributed by atoms with Crippen LogP contribution in [0.5, 0.6) is 0 Å². The van der Waals surface area contributed by atoms with Crippen LogP contribution in [0.15, 0.2) is 4.79 Å². The lowest BCUT2D eigenvalue weighted by Gasteiger charge is -2.22. The number of aromatic amines is 1. The monoisotopic (exact) mass is 230 g/mol. The van der Waals surface area contributed by atoms with Crippen molar-refractivity contribution in [2.75, 3.05) is 5.73 Å². The van der Waals surface area contributed by atoms with Gasteiger partial charge in [-0.1, -0.05) is 6.42 Å². The molecule has 0 saturated heterocycles. The van der Waals surface area contributed by atoms with Crippen LogP contribution in [0.1, 0.15) is 36.4 Å². The van der Waals surface area contributed by atoms with E-state index < -0.39 is 0 Å². The highest BCUT2D eigenvalue weighted by Gasteiger charge is 2.26. The molecule has 0 unspecified atom stereocenters. The van der Waals surface area contributed by atoms with Crippen molar-refractivity contribution in [2.45, 2.75) is 25.2 Å². The number of rotatable bonds is 1. The van der Waals surface area contributed by atoms with E-state index in [4.69, 9.17) is 11.0 Å². The summed E-state index contributed by atoms with van der Waals surface area (Å²) in [5.41, 5.74) is 6.16. The Morgan fingerprint density at radius 3 is 2.82 bits per heavy atom. The molecular formula is C10H10N6O. The summed E-state index contributed by atoms with van der Waals surface area (Å²) in [6, 6.07) is 1.90. The number of nitrogens with one attached hydrogen (secondary N) is 1. The molecule has 0 aliphatic heterocycles. The van der Waals surface area contributed by atoms with Crippen molar-refractivity contribution in [2.24, 2.45) is 0 Å². The zero-order valence-electron chi connectivity index (χ0n) is 8.97. The zero-order valence-corrected chi connectivity index (χ0v) is 8.97. The van der Waals surface area contributed by atoms with Crippen LogP contribution in [0, 0.1) is 11.3 Å². The van der Waals surface area contributed by atoms with Crippen molar-refractivity contribution in [1.29, 1.82) is 5.26 Å². The number of nitrogens with zero attached hydrogens (tertiary/aromatic N) is 4. The van der Waals surface area contributed by atoms with Gasteiger partial charge in [0.25, 0.3) is 5.56 Å². The van der Waals surface area contributed by atoms with Crippen molar-refractivity contribution in [3.63, 3.8) is 0 Å². The van der Waals surface area contributed by atoms with Gasteiger partial charge in [0.2, 0.25) is 0 Å². The van der Waals surface area contributed by atoms with Crippen LogP contribution in [-0.4, -0.2) is 19.8 Å². The Hall–Kier alpha value is -2.36. The lowest BCUT2D eigenvalue weighted by molar-refractivity contribution is 0.402. The first-order valence-corrected chi connectivity index (χ1v) is 5.39. The van der Waals surface area contributed by atoms with Gasteiger partial charge in [-0.15, -0.1) is 10.2 Å². The fourth-order valence-corrected chi connectivity index (χ4v) is 2.01. The summed E-state index contributed by atoms with van der Waals surface area (Å²) in [7, 11) is 0. The minimum atomic E-state index is -0.257. The maximum absolute atomic E-state index is 12.1. The molecule has 0 bridgehead atoms. The third-order valence-corrected chi connectivity index (χ3v) is 3.22. The number of nitriles is 1. The van der Waals surface area contributed by atoms with Crippen molar-refractivity contribution >= 4 is 11.5 Å². The molecule has 86 valence electrons. The predicted molar refractivity (Wildman–Crippen MR) is 59.3 cm³/mol. The highest BCUT2D eigenvalue weighted by Crippen LogP contribution is 2.33. The Kier molecular flexibility index (Phi) is 1.92. The van der Waals surface area contributed by atoms with Gasteiger partial charge in [-0.2, -0.15) is 9.78 Å². The SMILES string of the molecule is N#Cc1c(N)[nH]n2c(=O)c(C3CCC3)nnc12. The first-order chi connectivity index (χ1) is 8.22. The number of nitrogen functional groups attached to an aromatic ring is 1. The molecule has 0 radical (unpaired) electrons. The first-order valence-electron chi connectivity index (χ1n) is 5.39. The van der Waals surface area contributed by atoms with Crippen molar-refractivity contribution in [1.82, 2.24) is 19.8 Å². The van der Waals surface area contributed by atoms with Gasteiger partial charge in [-0.3, -0.25) is 9.89 Å². The topological polar surface area (TPSA) is 113 Å². The molecule has 1 aliphatic rings. The number of anilines is 1. The Morgan fingerprint density at radius 1 is 1.47 bits per heavy atom. The largest absolute Gasteiger partial charge is 0.383 e. The molecule has 1 saturated carbocycles. The summed E-state index contributed by atoms with van der Waals surface area (Å²) in [5.74, 6) is 0.339. The summed E-state index contributed by atoms with van der Waals surface area (Å²) >= 11 is 0. The van der Waals surface area contributed by atoms with Gasteiger partial charge >= 0.3 is 0 Å². The summed E-state index contributed by atoms with van der Waals surface area (Å²) in [6.07, 6.45) is 3.05. The molecule has 7 nitrogen and oxygen atoms in total. The average molecular weight is 230 g/mol. The standard InChI is InChI=1S/C10H10N6O/c11-4-6-8(12)15-16-9(6)14-13-7(10(16)17)5-2-1-3-5/h5,15H,1-3,12H2. The van der Waals surface area contributed by atoms with Crippen LogP contribution >= 0.6 is 0 Å². The van der Waals surface area contributed by atoms with E-state index in [-0.39, 0.29) is 28.5 Å². The quantitative estimate of drug-likeness (QED) is 0.723. The fraction of sp³-hybridized carbons (Fsp3) is 0.400. The molecular weight excluding hydrogens is 220 g/mol. The molecule has 2 heterocycles. The van der Waals surface area contributed by atoms with E-state index >= 15 is 0 Å². The van der Waals surface area contributed by atoms with E-state index in [2.05, 4.69) is 15.3 Å². The number of aromatic nitrogens is 4. The Morgan fingerprint density at radius 2 is 2.24 bits per heavy atom. The van der Waals surface area contributed by atoms with Gasteiger partial charge in [-0.25, -0.2) is 0 Å². The normalized spacial score (nSPS) is 15.7. The molecule has 0 amide bonds. The number of hydrogen-bond acceptors (Lipinski definition) is 5.